The van der Waals surface area contributed by atoms with E-state index in [0.29, 0.717) is 78.0 Å². The molecule has 356 valence electrons. The van der Waals surface area contributed by atoms with Crippen LogP contribution in [-0.4, -0.2) is 114 Å². The van der Waals surface area contributed by atoms with E-state index in [2.05, 4.69) is 23.6 Å². The second-order valence-electron chi connectivity index (χ2n) is 13.9. The number of nitrogens with zero attached hydrogens (tertiary/aromatic N) is 2. The van der Waals surface area contributed by atoms with Gasteiger partial charge in [0.1, 0.15) is 0 Å². The van der Waals surface area contributed by atoms with E-state index in [4.69, 9.17) is 41.0 Å². The summed E-state index contributed by atoms with van der Waals surface area (Å²) in [5, 5.41) is 0. The average Bonchev–Trinajstić information content (AvgIpc) is 3.13. The highest BCUT2D eigenvalue weighted by molar-refractivity contribution is 7.54. The summed E-state index contributed by atoms with van der Waals surface area (Å²) in [7, 11) is -6.42. The molecule has 0 aliphatic rings. The van der Waals surface area contributed by atoms with Crippen molar-refractivity contribution in [3.63, 3.8) is 0 Å². The van der Waals surface area contributed by atoms with E-state index in [1.165, 1.54) is 38.5 Å². The minimum Gasteiger partial charge on any atom is -0.330 e. The monoisotopic (exact) mass is 986 g/mol. The second kappa shape index (κ2) is 53.9. The third kappa shape index (κ3) is 47.1. The van der Waals surface area contributed by atoms with E-state index < -0.39 is 15.2 Å². The van der Waals surface area contributed by atoms with Crippen LogP contribution < -0.4 is 22.9 Å². The van der Waals surface area contributed by atoms with Crippen LogP contribution in [0.2, 0.25) is 0 Å². The third-order valence-electron chi connectivity index (χ3n) is 9.03. The van der Waals surface area contributed by atoms with E-state index in [1.54, 1.807) is 0 Å². The van der Waals surface area contributed by atoms with Crippen molar-refractivity contribution in [3.05, 3.63) is 0 Å². The predicted molar refractivity (Wildman–Crippen MR) is 260 cm³/mol. The van der Waals surface area contributed by atoms with Crippen molar-refractivity contribution < 1.29 is 27.2 Å². The van der Waals surface area contributed by atoms with Crippen LogP contribution in [0.3, 0.4) is 0 Å². The Bertz CT molecular complexity index is 782. The molecule has 0 saturated heterocycles. The molecule has 0 aliphatic carbocycles. The minimum absolute atomic E-state index is 0. The summed E-state index contributed by atoms with van der Waals surface area (Å²) >= 11 is 0. The van der Waals surface area contributed by atoms with Gasteiger partial charge in [0.05, 0.1) is 38.8 Å². The normalized spacial score (nSPS) is 12.9. The van der Waals surface area contributed by atoms with E-state index in [-0.39, 0.29) is 74.4 Å². The highest BCUT2D eigenvalue weighted by Crippen LogP contribution is 2.49. The Labute approximate surface area is 387 Å². The highest BCUT2D eigenvalue weighted by atomic mass is 35.5. The topological polar surface area (TPSA) is 182 Å². The molecule has 0 amide bonds. The molecule has 0 saturated carbocycles. The Hall–Kier alpha value is 1.80. The first-order chi connectivity index (χ1) is 24.8. The molecule has 0 radical (unpaired) electrons. The quantitative estimate of drug-likeness (QED) is 0.0336. The maximum absolute atomic E-state index is 13.8. The smallest absolute Gasteiger partial charge is 0.330 e. The number of halogens is 6. The van der Waals surface area contributed by atoms with Gasteiger partial charge in [0.15, 0.2) is 0 Å². The molecule has 0 bridgehead atoms. The Morgan fingerprint density at radius 3 is 0.807 bits per heavy atom. The van der Waals surface area contributed by atoms with Crippen LogP contribution in [0.5, 0.6) is 0 Å². The fourth-order valence-electron chi connectivity index (χ4n) is 5.75. The van der Waals surface area contributed by atoms with Crippen LogP contribution in [-0.2, 0) is 27.2 Å². The fourth-order valence-corrected chi connectivity index (χ4v) is 9.10. The van der Waals surface area contributed by atoms with Crippen molar-refractivity contribution in [2.45, 2.75) is 136 Å². The lowest BCUT2D eigenvalue weighted by Gasteiger charge is -2.25. The first kappa shape index (κ1) is 73.2. The van der Waals surface area contributed by atoms with Gasteiger partial charge in [0.25, 0.3) is 0 Å². The van der Waals surface area contributed by atoms with Crippen molar-refractivity contribution in [3.8, 4) is 0 Å². The molecule has 0 aromatic carbocycles. The summed E-state index contributed by atoms with van der Waals surface area (Å²) < 4.78 is 51.5. The molecule has 2 unspecified atom stereocenters. The molecule has 0 aliphatic heterocycles. The van der Waals surface area contributed by atoms with Gasteiger partial charge in [-0.1, -0.05) is 84.5 Å². The number of nitrogens with two attached hydrogens (primary N) is 4. The zero-order chi connectivity index (χ0) is 37.7. The third-order valence-corrected chi connectivity index (χ3v) is 12.8. The molecular weight excluding hydrogens is 899 g/mol. The van der Waals surface area contributed by atoms with E-state index in [1.807, 2.05) is 0 Å². The number of rotatable bonds is 42. The maximum Gasteiger partial charge on any atom is 0.331 e. The lowest BCUT2D eigenvalue weighted by Crippen LogP contribution is -2.31. The molecule has 0 aromatic rings. The summed E-state index contributed by atoms with van der Waals surface area (Å²) in [5.41, 5.74) is 23.0. The van der Waals surface area contributed by atoms with Crippen molar-refractivity contribution in [2.75, 3.05) is 104 Å². The van der Waals surface area contributed by atoms with E-state index in [0.717, 1.165) is 110 Å². The van der Waals surface area contributed by atoms with Gasteiger partial charge in [-0.15, -0.1) is 74.4 Å². The summed E-state index contributed by atoms with van der Waals surface area (Å²) in [6.45, 7) is 13.4. The van der Waals surface area contributed by atoms with Gasteiger partial charge in [-0.3, -0.25) is 9.13 Å². The van der Waals surface area contributed by atoms with Gasteiger partial charge < -0.3 is 50.8 Å². The Balaban J connectivity index is -0.000000833. The summed E-state index contributed by atoms with van der Waals surface area (Å²) in [6.07, 6.45) is 20.0. The van der Waals surface area contributed by atoms with Crippen molar-refractivity contribution in [1.29, 1.82) is 0 Å². The summed E-state index contributed by atoms with van der Waals surface area (Å²) in [4.78, 5) is 4.55. The van der Waals surface area contributed by atoms with Crippen LogP contribution in [0, 0.1) is 0 Å². The molecule has 57 heavy (non-hydrogen) atoms. The van der Waals surface area contributed by atoms with Gasteiger partial charge in [-0.25, -0.2) is 0 Å². The molecule has 12 nitrogen and oxygen atoms in total. The van der Waals surface area contributed by atoms with Gasteiger partial charge in [-0.2, -0.15) is 0 Å². The number of hydrogen-bond acceptors (Lipinski definition) is 12. The van der Waals surface area contributed by atoms with Gasteiger partial charge in [-0.05, 0) is 104 Å². The molecular formula is C37H90Cl6N6O6P2. The molecule has 8 N–H and O–H groups in total. The van der Waals surface area contributed by atoms with Crippen molar-refractivity contribution in [2.24, 2.45) is 22.9 Å². The first-order valence-corrected chi connectivity index (χ1v) is 24.3. The van der Waals surface area contributed by atoms with Gasteiger partial charge >= 0.3 is 15.2 Å². The fraction of sp³-hybridized carbons (Fsp3) is 1.00. The summed E-state index contributed by atoms with van der Waals surface area (Å²) in [5.74, 6) is 0. The van der Waals surface area contributed by atoms with Crippen molar-refractivity contribution >= 4 is 89.6 Å². The molecule has 0 fully saturated rings. The zero-order valence-electron chi connectivity index (χ0n) is 35.7. The predicted octanol–water partition coefficient (Wildman–Crippen LogP) is 9.86. The van der Waals surface area contributed by atoms with Crippen LogP contribution in [0.15, 0.2) is 0 Å². The van der Waals surface area contributed by atoms with Gasteiger partial charge in [0, 0.05) is 13.1 Å². The minimum atomic E-state index is -3.21. The van der Waals surface area contributed by atoms with Gasteiger partial charge in [0.2, 0.25) is 0 Å². The SMILES string of the molecule is CCCCCCCOP(=O)(CCN(CCCN)CCCN)OCCCCCCCOP(=O)(CCN(CCCN)CCCN)OCCCCCCC.Cl.Cl.Cl.Cl.Cl.Cl. The largest absolute Gasteiger partial charge is 0.331 e. The van der Waals surface area contributed by atoms with Crippen LogP contribution in [0.25, 0.3) is 0 Å². The van der Waals surface area contributed by atoms with Crippen LogP contribution in [0.4, 0.5) is 0 Å². The molecule has 2 atom stereocenters. The molecule has 0 aromatic heterocycles. The average molecular weight is 990 g/mol. The van der Waals surface area contributed by atoms with E-state index >= 15 is 0 Å². The zero-order valence-corrected chi connectivity index (χ0v) is 42.4. The standard InChI is InChI=1S/C37H84N6O6P2.6ClH/c1-3-5-7-10-14-32-46-50(44,36-30-42(26-18-22-38)27-19-23-39)48-34-16-12-9-13-17-35-49-51(45,47-33-15-11-8-6-4-2)37-31-43(28-20-24-40)29-21-25-41;;;;;;/h3-41H2,1-2H3;6*1H. The molecule has 0 spiro atoms. The number of unbranched alkanes of at least 4 members (excludes halogenated alkanes) is 12. The molecule has 20 heteroatoms. The Morgan fingerprint density at radius 2 is 0.579 bits per heavy atom. The first-order valence-electron chi connectivity index (χ1n) is 20.8. The Kier molecular flexibility index (Phi) is 69.3. The second-order valence-corrected chi connectivity index (χ2v) is 18.2. The number of hydrogen-bond donors (Lipinski definition) is 4. The highest BCUT2D eigenvalue weighted by Gasteiger charge is 2.27. The van der Waals surface area contributed by atoms with E-state index in [9.17, 15) is 9.13 Å². The lowest BCUT2D eigenvalue weighted by molar-refractivity contribution is 0.189. The van der Waals surface area contributed by atoms with Crippen molar-refractivity contribution in [1.82, 2.24) is 9.80 Å². The maximum atomic E-state index is 13.8. The molecule has 0 heterocycles. The summed E-state index contributed by atoms with van der Waals surface area (Å²) in [6, 6.07) is 0. The Morgan fingerprint density at radius 1 is 0.351 bits per heavy atom. The van der Waals surface area contributed by atoms with Crippen LogP contribution >= 0.6 is 89.6 Å². The van der Waals surface area contributed by atoms with Crippen LogP contribution in [0.1, 0.15) is 136 Å². The molecule has 0 rings (SSSR count). The lowest BCUT2D eigenvalue weighted by atomic mass is 10.2.